The van der Waals surface area contributed by atoms with E-state index in [1.165, 1.54) is 16.7 Å². The van der Waals surface area contributed by atoms with Crippen molar-refractivity contribution >= 4 is 0 Å². The first-order chi connectivity index (χ1) is 26.6. The Morgan fingerprint density at radius 1 is 0.463 bits per heavy atom. The summed E-state index contributed by atoms with van der Waals surface area (Å²) in [6, 6.07) is 53.7. The van der Waals surface area contributed by atoms with E-state index in [1.807, 2.05) is 12.1 Å². The van der Waals surface area contributed by atoms with E-state index in [1.54, 1.807) is 0 Å². The molecular weight excluding hydrogens is 673 g/mol. The van der Waals surface area contributed by atoms with Crippen LogP contribution in [0.5, 0.6) is 11.5 Å². The molecule has 2 fully saturated rings. The smallest absolute Gasteiger partial charge is 0.127 e. The van der Waals surface area contributed by atoms with Gasteiger partial charge in [0.05, 0.1) is 39.6 Å². The van der Waals surface area contributed by atoms with Gasteiger partial charge in [-0.15, -0.1) is 0 Å². The van der Waals surface area contributed by atoms with E-state index in [2.05, 4.69) is 146 Å². The molecule has 0 spiro atoms. The van der Waals surface area contributed by atoms with Crippen LogP contribution in [0.25, 0.3) is 33.4 Å². The summed E-state index contributed by atoms with van der Waals surface area (Å²) in [6.45, 7) is 6.99. The summed E-state index contributed by atoms with van der Waals surface area (Å²) in [6.07, 6.45) is 0.460. The molecule has 2 aliphatic heterocycles. The summed E-state index contributed by atoms with van der Waals surface area (Å²) in [4.78, 5) is 0. The number of ether oxygens (including phenoxy) is 6. The Hall–Kier alpha value is -5.24. The zero-order chi connectivity index (χ0) is 36.6. The highest BCUT2D eigenvalue weighted by Gasteiger charge is 2.33. The number of rotatable bonds is 18. The van der Waals surface area contributed by atoms with E-state index in [0.29, 0.717) is 39.6 Å². The lowest BCUT2D eigenvalue weighted by molar-refractivity contribution is 0.0880. The molecule has 0 radical (unpaired) electrons. The lowest BCUT2D eigenvalue weighted by Gasteiger charge is -2.33. The Morgan fingerprint density at radius 2 is 0.852 bits per heavy atom. The van der Waals surface area contributed by atoms with Gasteiger partial charge in [-0.05, 0) is 70.1 Å². The van der Waals surface area contributed by atoms with Crippen LogP contribution in [-0.2, 0) is 24.4 Å². The van der Waals surface area contributed by atoms with Crippen LogP contribution in [0.2, 0.25) is 0 Å². The first kappa shape index (κ1) is 35.8. The van der Waals surface area contributed by atoms with Crippen LogP contribution in [0.3, 0.4) is 0 Å². The normalized spacial score (nSPS) is 17.1. The molecule has 0 bridgehead atoms. The molecule has 0 aliphatic carbocycles. The van der Waals surface area contributed by atoms with Crippen molar-refractivity contribution < 1.29 is 28.4 Å². The maximum Gasteiger partial charge on any atom is 0.127 e. The quantitative estimate of drug-likeness (QED) is 0.0501. The Bertz CT molecular complexity index is 1980. The van der Waals surface area contributed by atoms with Crippen molar-refractivity contribution in [1.29, 1.82) is 0 Å². The molecule has 2 heterocycles. The predicted molar refractivity (Wildman–Crippen MR) is 213 cm³/mol. The van der Waals surface area contributed by atoms with Gasteiger partial charge in [0.2, 0.25) is 0 Å². The number of hydrogen-bond acceptors (Lipinski definition) is 6. The van der Waals surface area contributed by atoms with Gasteiger partial charge in [0, 0.05) is 16.5 Å². The van der Waals surface area contributed by atoms with Crippen molar-refractivity contribution in [3.63, 3.8) is 0 Å². The van der Waals surface area contributed by atoms with Crippen molar-refractivity contribution in [2.24, 2.45) is 0 Å². The van der Waals surface area contributed by atoms with Crippen LogP contribution in [0, 0.1) is 0 Å². The number of hydrogen-bond donors (Lipinski definition) is 0. The molecular formula is C48H46O6. The number of epoxide rings is 2. The average Bonchev–Trinajstić information content (AvgIpc) is 4.19. The van der Waals surface area contributed by atoms with E-state index < -0.39 is 5.41 Å². The molecule has 2 saturated heterocycles. The summed E-state index contributed by atoms with van der Waals surface area (Å²) >= 11 is 0. The molecule has 2 atom stereocenters. The fourth-order valence-electron chi connectivity index (χ4n) is 6.93. The minimum absolute atomic E-state index is 0.230. The average molecular weight is 719 g/mol. The molecule has 6 aromatic rings. The van der Waals surface area contributed by atoms with Crippen molar-refractivity contribution in [2.75, 3.05) is 52.9 Å². The fourth-order valence-corrected chi connectivity index (χ4v) is 6.93. The zero-order valence-electron chi connectivity index (χ0n) is 30.7. The molecule has 0 saturated carbocycles. The van der Waals surface area contributed by atoms with Gasteiger partial charge in [-0.1, -0.05) is 127 Å². The molecule has 6 heteroatoms. The molecule has 2 aliphatic rings. The van der Waals surface area contributed by atoms with Crippen LogP contribution < -0.4 is 9.47 Å². The first-order valence-corrected chi connectivity index (χ1v) is 18.9. The van der Waals surface area contributed by atoms with Crippen LogP contribution in [0.15, 0.2) is 152 Å². The lowest BCUT2D eigenvalue weighted by Crippen LogP contribution is -2.26. The van der Waals surface area contributed by atoms with E-state index in [9.17, 15) is 0 Å². The Kier molecular flexibility index (Phi) is 11.2. The summed E-state index contributed by atoms with van der Waals surface area (Å²) in [5.74, 6) is 1.64. The van der Waals surface area contributed by atoms with Crippen molar-refractivity contribution in [3.05, 3.63) is 168 Å². The molecule has 2 unspecified atom stereocenters. The standard InChI is InChI=1S/C48H46O6/c1-48(39-19-17-36(18-20-39)35-11-5-2-6-12-35,40-21-23-46(51-27-25-49-31-42-33-53-42)44(29-40)37-13-7-3-8-14-37)41-22-24-47(52-28-26-50-32-43-34-54-43)45(30-41)38-15-9-4-10-16-38/h2-24,29-30,42-43H,25-28,31-34H2,1H3. The van der Waals surface area contributed by atoms with Gasteiger partial charge in [-0.3, -0.25) is 0 Å². The highest BCUT2D eigenvalue weighted by Crippen LogP contribution is 2.45. The molecule has 6 nitrogen and oxygen atoms in total. The minimum atomic E-state index is -0.555. The van der Waals surface area contributed by atoms with Gasteiger partial charge in [0.25, 0.3) is 0 Å². The Labute approximate surface area is 318 Å². The van der Waals surface area contributed by atoms with Gasteiger partial charge in [-0.2, -0.15) is 0 Å². The highest BCUT2D eigenvalue weighted by molar-refractivity contribution is 5.75. The van der Waals surface area contributed by atoms with Gasteiger partial charge < -0.3 is 28.4 Å². The van der Waals surface area contributed by atoms with E-state index in [4.69, 9.17) is 28.4 Å². The maximum atomic E-state index is 6.40. The van der Waals surface area contributed by atoms with E-state index in [0.717, 1.165) is 58.1 Å². The van der Waals surface area contributed by atoms with Crippen molar-refractivity contribution in [1.82, 2.24) is 0 Å². The topological polar surface area (TPSA) is 62.0 Å². The molecule has 8 rings (SSSR count). The van der Waals surface area contributed by atoms with Gasteiger partial charge in [-0.25, -0.2) is 0 Å². The maximum absolute atomic E-state index is 6.40. The third kappa shape index (κ3) is 8.59. The van der Waals surface area contributed by atoms with Gasteiger partial charge in [0.15, 0.2) is 0 Å². The van der Waals surface area contributed by atoms with Crippen LogP contribution in [-0.4, -0.2) is 65.1 Å². The molecule has 0 N–H and O–H groups in total. The predicted octanol–water partition coefficient (Wildman–Crippen LogP) is 9.63. The molecule has 0 amide bonds. The van der Waals surface area contributed by atoms with Crippen LogP contribution in [0.4, 0.5) is 0 Å². The number of benzene rings is 6. The van der Waals surface area contributed by atoms with Gasteiger partial charge >= 0.3 is 0 Å². The fraction of sp³-hybridized carbons (Fsp3) is 0.250. The largest absolute Gasteiger partial charge is 0.491 e. The molecule has 0 aromatic heterocycles. The Balaban J connectivity index is 1.19. The zero-order valence-corrected chi connectivity index (χ0v) is 30.7. The third-order valence-corrected chi connectivity index (χ3v) is 10.2. The molecule has 54 heavy (non-hydrogen) atoms. The lowest BCUT2D eigenvalue weighted by atomic mass is 9.70. The first-order valence-electron chi connectivity index (χ1n) is 18.9. The summed E-state index contributed by atoms with van der Waals surface area (Å²) in [5, 5.41) is 0. The highest BCUT2D eigenvalue weighted by atomic mass is 16.6. The molecule has 6 aromatic carbocycles. The summed E-state index contributed by atoms with van der Waals surface area (Å²) in [7, 11) is 0. The second kappa shape index (κ2) is 16.8. The SMILES string of the molecule is CC(c1ccc(-c2ccccc2)cc1)(c1ccc(OCCOCC2CO2)c(-c2ccccc2)c1)c1ccc(OCCOCC2CO2)c(-c2ccccc2)c1. The minimum Gasteiger partial charge on any atom is -0.491 e. The summed E-state index contributed by atoms with van der Waals surface area (Å²) in [5.41, 5.74) is 9.52. The second-order valence-electron chi connectivity index (χ2n) is 14.0. The third-order valence-electron chi connectivity index (χ3n) is 10.2. The monoisotopic (exact) mass is 718 g/mol. The molecule has 274 valence electrons. The van der Waals surface area contributed by atoms with Crippen LogP contribution >= 0.6 is 0 Å². The van der Waals surface area contributed by atoms with Gasteiger partial charge in [0.1, 0.15) is 36.9 Å². The van der Waals surface area contributed by atoms with Crippen molar-refractivity contribution in [3.8, 4) is 44.9 Å². The van der Waals surface area contributed by atoms with E-state index >= 15 is 0 Å². The Morgan fingerprint density at radius 3 is 1.28 bits per heavy atom. The second-order valence-corrected chi connectivity index (χ2v) is 14.0. The van der Waals surface area contributed by atoms with Crippen LogP contribution in [0.1, 0.15) is 23.6 Å². The summed E-state index contributed by atoms with van der Waals surface area (Å²) < 4.78 is 35.0. The van der Waals surface area contributed by atoms with Crippen molar-refractivity contribution in [2.45, 2.75) is 24.5 Å². The van der Waals surface area contributed by atoms with E-state index in [-0.39, 0.29) is 12.2 Å².